The Balaban J connectivity index is 1.66. The van der Waals surface area contributed by atoms with Crippen LogP contribution in [-0.2, 0) is 0 Å². The fraction of sp³-hybridized carbons (Fsp3) is 0.611. The molecule has 3 rings (SSSR count). The van der Waals surface area contributed by atoms with Crippen molar-refractivity contribution in [2.75, 3.05) is 20.2 Å². The Kier molecular flexibility index (Phi) is 4.13. The number of urea groups is 1. The molecule has 1 saturated carbocycles. The molecule has 0 heterocycles. The van der Waals surface area contributed by atoms with E-state index in [1.165, 1.54) is 11.1 Å². The van der Waals surface area contributed by atoms with Crippen LogP contribution in [0.3, 0.4) is 0 Å². The van der Waals surface area contributed by atoms with Crippen molar-refractivity contribution in [3.63, 3.8) is 0 Å². The second-order valence-corrected chi connectivity index (χ2v) is 7.12. The topological polar surface area (TPSA) is 52.6 Å². The summed E-state index contributed by atoms with van der Waals surface area (Å²) in [6.07, 6.45) is 4.13. The second-order valence-electron chi connectivity index (χ2n) is 7.12. The predicted molar refractivity (Wildman–Crippen MR) is 86.7 cm³/mol. The third-order valence-corrected chi connectivity index (χ3v) is 5.30. The minimum Gasteiger partial charge on any atom is -0.396 e. The molecule has 1 fully saturated rings. The predicted octanol–water partition coefficient (Wildman–Crippen LogP) is 3.04. The summed E-state index contributed by atoms with van der Waals surface area (Å²) < 4.78 is 0. The zero-order valence-corrected chi connectivity index (χ0v) is 13.5. The molecule has 2 atom stereocenters. The Bertz CT molecular complexity index is 554. The number of carbonyl (C=O) groups is 1. The number of benzene rings is 1. The summed E-state index contributed by atoms with van der Waals surface area (Å²) in [6.45, 7) is 3.07. The minimum atomic E-state index is -0.0366. The number of aliphatic hydroxyl groups is 1. The maximum Gasteiger partial charge on any atom is 0.317 e. The van der Waals surface area contributed by atoms with E-state index in [0.29, 0.717) is 12.5 Å². The zero-order valence-electron chi connectivity index (χ0n) is 13.5. The fourth-order valence-electron chi connectivity index (χ4n) is 3.53. The Labute approximate surface area is 132 Å². The Morgan fingerprint density at radius 2 is 2.00 bits per heavy atom. The molecule has 2 amide bonds. The van der Waals surface area contributed by atoms with Gasteiger partial charge in [-0.05, 0) is 42.7 Å². The molecule has 2 aliphatic rings. The lowest BCUT2D eigenvalue weighted by atomic mass is 9.81. The molecular weight excluding hydrogens is 276 g/mol. The first-order valence-corrected chi connectivity index (χ1v) is 8.26. The molecule has 4 nitrogen and oxygen atoms in total. The molecular formula is C18H26N2O2. The lowest BCUT2D eigenvalue weighted by Gasteiger charge is -2.32. The molecule has 0 unspecified atom stereocenters. The molecule has 4 heteroatoms. The number of nitrogens with one attached hydrogen (secondary N) is 1. The van der Waals surface area contributed by atoms with Crippen LogP contribution in [0.4, 0.5) is 4.79 Å². The molecule has 0 spiro atoms. The molecule has 2 aliphatic carbocycles. The van der Waals surface area contributed by atoms with Crippen LogP contribution in [0.1, 0.15) is 55.7 Å². The van der Waals surface area contributed by atoms with Gasteiger partial charge in [0.2, 0.25) is 0 Å². The van der Waals surface area contributed by atoms with Gasteiger partial charge in [-0.1, -0.05) is 31.2 Å². The Morgan fingerprint density at radius 3 is 2.64 bits per heavy atom. The number of amides is 2. The fourth-order valence-corrected chi connectivity index (χ4v) is 3.53. The number of carbonyl (C=O) groups excluding carboxylic acids is 1. The van der Waals surface area contributed by atoms with Gasteiger partial charge in [0.05, 0.1) is 12.6 Å². The van der Waals surface area contributed by atoms with E-state index in [1.54, 1.807) is 4.90 Å². The molecule has 0 saturated heterocycles. The van der Waals surface area contributed by atoms with Crippen molar-refractivity contribution in [2.45, 2.75) is 44.6 Å². The van der Waals surface area contributed by atoms with Gasteiger partial charge in [-0.3, -0.25) is 0 Å². The summed E-state index contributed by atoms with van der Waals surface area (Å²) in [5, 5.41) is 12.6. The maximum atomic E-state index is 12.5. The van der Waals surface area contributed by atoms with E-state index in [1.807, 2.05) is 13.1 Å². The first-order chi connectivity index (χ1) is 10.5. The van der Waals surface area contributed by atoms with Gasteiger partial charge in [-0.25, -0.2) is 4.79 Å². The van der Waals surface area contributed by atoms with Crippen molar-refractivity contribution < 1.29 is 9.90 Å². The highest BCUT2D eigenvalue weighted by Gasteiger charge is 2.43. The highest BCUT2D eigenvalue weighted by atomic mass is 16.3. The molecule has 0 radical (unpaired) electrons. The van der Waals surface area contributed by atoms with Crippen LogP contribution in [0.25, 0.3) is 0 Å². The number of aliphatic hydroxyl groups excluding tert-OH is 1. The van der Waals surface area contributed by atoms with E-state index in [4.69, 9.17) is 0 Å². The smallest absolute Gasteiger partial charge is 0.317 e. The van der Waals surface area contributed by atoms with Crippen LogP contribution in [0.5, 0.6) is 0 Å². The van der Waals surface area contributed by atoms with Gasteiger partial charge in [0.1, 0.15) is 0 Å². The second kappa shape index (κ2) is 5.92. The van der Waals surface area contributed by atoms with Gasteiger partial charge in [0.25, 0.3) is 0 Å². The van der Waals surface area contributed by atoms with Crippen molar-refractivity contribution in [1.29, 1.82) is 0 Å². The highest BCUT2D eigenvalue weighted by Crippen LogP contribution is 2.45. The number of nitrogens with zero attached hydrogens (tertiary/aromatic N) is 1. The third kappa shape index (κ3) is 2.98. The van der Waals surface area contributed by atoms with E-state index in [2.05, 4.69) is 30.4 Å². The standard InChI is InChI=1S/C18H26N2O2/c1-13-7-8-16(15-6-4-3-5-14(13)15)19-17(22)20(2)11-18(12-21)9-10-18/h3-6,13,16,21H,7-12H2,1-2H3,(H,19,22)/t13-,16-/m0/s1. The van der Waals surface area contributed by atoms with Crippen molar-refractivity contribution in [1.82, 2.24) is 10.2 Å². The number of hydrogen-bond donors (Lipinski definition) is 2. The number of fused-ring (bicyclic) bond motifs is 1. The molecule has 1 aromatic rings. The monoisotopic (exact) mass is 302 g/mol. The molecule has 0 aromatic heterocycles. The molecule has 22 heavy (non-hydrogen) atoms. The molecule has 120 valence electrons. The highest BCUT2D eigenvalue weighted by molar-refractivity contribution is 5.74. The number of hydrogen-bond acceptors (Lipinski definition) is 2. The quantitative estimate of drug-likeness (QED) is 0.898. The van der Waals surface area contributed by atoms with Crippen LogP contribution in [0, 0.1) is 5.41 Å². The van der Waals surface area contributed by atoms with E-state index >= 15 is 0 Å². The van der Waals surface area contributed by atoms with E-state index < -0.39 is 0 Å². The van der Waals surface area contributed by atoms with Crippen LogP contribution in [-0.4, -0.2) is 36.2 Å². The largest absolute Gasteiger partial charge is 0.396 e. The number of rotatable bonds is 4. The van der Waals surface area contributed by atoms with Crippen LogP contribution in [0.2, 0.25) is 0 Å². The molecule has 1 aromatic carbocycles. The van der Waals surface area contributed by atoms with Gasteiger partial charge in [-0.15, -0.1) is 0 Å². The minimum absolute atomic E-state index is 0.0333. The van der Waals surface area contributed by atoms with E-state index in [-0.39, 0.29) is 24.1 Å². The Hall–Kier alpha value is -1.55. The van der Waals surface area contributed by atoms with Gasteiger partial charge < -0.3 is 15.3 Å². The molecule has 0 aliphatic heterocycles. The van der Waals surface area contributed by atoms with Crippen LogP contribution < -0.4 is 5.32 Å². The average molecular weight is 302 g/mol. The van der Waals surface area contributed by atoms with Crippen LogP contribution >= 0.6 is 0 Å². The van der Waals surface area contributed by atoms with Crippen molar-refractivity contribution >= 4 is 6.03 Å². The first-order valence-electron chi connectivity index (χ1n) is 8.26. The summed E-state index contributed by atoms with van der Waals surface area (Å²) in [5.74, 6) is 0.561. The summed E-state index contributed by atoms with van der Waals surface area (Å²) >= 11 is 0. The summed E-state index contributed by atoms with van der Waals surface area (Å²) in [5.41, 5.74) is 2.58. The van der Waals surface area contributed by atoms with Gasteiger partial charge in [-0.2, -0.15) is 0 Å². The Morgan fingerprint density at radius 1 is 1.32 bits per heavy atom. The van der Waals surface area contributed by atoms with Crippen molar-refractivity contribution in [2.24, 2.45) is 5.41 Å². The van der Waals surface area contributed by atoms with Gasteiger partial charge in [0.15, 0.2) is 0 Å². The first kappa shape index (κ1) is 15.3. The summed E-state index contributed by atoms with van der Waals surface area (Å²) in [4.78, 5) is 14.2. The van der Waals surface area contributed by atoms with Crippen LogP contribution in [0.15, 0.2) is 24.3 Å². The summed E-state index contributed by atoms with van der Waals surface area (Å²) in [6, 6.07) is 8.49. The van der Waals surface area contributed by atoms with E-state index in [9.17, 15) is 9.90 Å². The van der Waals surface area contributed by atoms with E-state index in [0.717, 1.165) is 25.7 Å². The zero-order chi connectivity index (χ0) is 15.7. The van der Waals surface area contributed by atoms with Gasteiger partial charge >= 0.3 is 6.03 Å². The summed E-state index contributed by atoms with van der Waals surface area (Å²) in [7, 11) is 1.82. The van der Waals surface area contributed by atoms with Crippen molar-refractivity contribution in [3.8, 4) is 0 Å². The SMILES string of the molecule is C[C@H]1CC[C@H](NC(=O)N(C)CC2(CO)CC2)c2ccccc21. The molecule has 0 bridgehead atoms. The third-order valence-electron chi connectivity index (χ3n) is 5.30. The van der Waals surface area contributed by atoms with Gasteiger partial charge in [0, 0.05) is 19.0 Å². The normalized spacial score (nSPS) is 25.2. The molecule has 2 N–H and O–H groups in total. The average Bonchev–Trinajstić information content (AvgIpc) is 3.30. The lowest BCUT2D eigenvalue weighted by Crippen LogP contribution is -2.43. The lowest BCUT2D eigenvalue weighted by molar-refractivity contribution is 0.159. The maximum absolute atomic E-state index is 12.5. The van der Waals surface area contributed by atoms with Crippen molar-refractivity contribution in [3.05, 3.63) is 35.4 Å².